The van der Waals surface area contributed by atoms with E-state index in [1.54, 1.807) is 11.3 Å². The van der Waals surface area contributed by atoms with E-state index >= 15 is 0 Å². The normalized spacial score (nSPS) is 12.0. The average Bonchev–Trinajstić information content (AvgIpc) is 2.92. The molecule has 0 spiro atoms. The fourth-order valence-electron chi connectivity index (χ4n) is 2.19. The van der Waals surface area contributed by atoms with Crippen molar-refractivity contribution in [2.45, 2.75) is 32.9 Å². The summed E-state index contributed by atoms with van der Waals surface area (Å²) in [4.78, 5) is 0. The van der Waals surface area contributed by atoms with Gasteiger partial charge in [0, 0.05) is 11.1 Å². The van der Waals surface area contributed by atoms with Gasteiger partial charge in [-0.2, -0.15) is 0 Å². The van der Waals surface area contributed by atoms with Crippen molar-refractivity contribution in [3.05, 3.63) is 47.5 Å². The molecule has 3 rings (SSSR count). The summed E-state index contributed by atoms with van der Waals surface area (Å²) >= 11 is 1.66. The van der Waals surface area contributed by atoms with Crippen LogP contribution in [0.5, 0.6) is 0 Å². The fraction of sp³-hybridized carbons (Fsp3) is 0.294. The minimum absolute atomic E-state index is 0.0886. The lowest BCUT2D eigenvalue weighted by molar-refractivity contribution is 0.423. The molecule has 0 aliphatic rings. The second-order valence-electron chi connectivity index (χ2n) is 6.13. The molecule has 0 bridgehead atoms. The van der Waals surface area contributed by atoms with E-state index in [9.17, 15) is 0 Å². The Labute approximate surface area is 129 Å². The summed E-state index contributed by atoms with van der Waals surface area (Å²) in [6, 6.07) is 14.7. The minimum atomic E-state index is 0.0886. The van der Waals surface area contributed by atoms with Crippen LogP contribution in [-0.2, 0) is 6.54 Å². The lowest BCUT2D eigenvalue weighted by Gasteiger charge is -2.19. The Morgan fingerprint density at radius 1 is 1.00 bits per heavy atom. The molecule has 3 aromatic rings. The number of benzene rings is 2. The molecule has 3 nitrogen and oxygen atoms in total. The Balaban J connectivity index is 1.92. The van der Waals surface area contributed by atoms with E-state index in [2.05, 4.69) is 78.7 Å². The SMILES string of the molecule is CC(C)(C)NCc1nnc(-c2cccc3ccccc23)s1. The van der Waals surface area contributed by atoms with Crippen molar-refractivity contribution in [1.82, 2.24) is 15.5 Å². The van der Waals surface area contributed by atoms with Gasteiger partial charge >= 0.3 is 0 Å². The molecule has 0 aliphatic heterocycles. The molecule has 2 aromatic carbocycles. The van der Waals surface area contributed by atoms with Crippen LogP contribution in [0.4, 0.5) is 0 Å². The maximum atomic E-state index is 4.37. The van der Waals surface area contributed by atoms with Crippen molar-refractivity contribution >= 4 is 22.1 Å². The Morgan fingerprint density at radius 2 is 1.76 bits per heavy atom. The summed E-state index contributed by atoms with van der Waals surface area (Å²) in [5.74, 6) is 0. The summed E-state index contributed by atoms with van der Waals surface area (Å²) in [7, 11) is 0. The van der Waals surface area contributed by atoms with Gasteiger partial charge in [-0.3, -0.25) is 0 Å². The molecule has 1 N–H and O–H groups in total. The van der Waals surface area contributed by atoms with Crippen molar-refractivity contribution in [2.75, 3.05) is 0 Å². The zero-order chi connectivity index (χ0) is 14.9. The van der Waals surface area contributed by atoms with Gasteiger partial charge in [-0.25, -0.2) is 0 Å². The third kappa shape index (κ3) is 3.28. The maximum Gasteiger partial charge on any atom is 0.148 e. The molecule has 0 aliphatic carbocycles. The van der Waals surface area contributed by atoms with Crippen molar-refractivity contribution in [3.63, 3.8) is 0 Å². The van der Waals surface area contributed by atoms with Crippen LogP contribution in [0.15, 0.2) is 42.5 Å². The molecule has 0 saturated heterocycles. The van der Waals surface area contributed by atoms with Crippen LogP contribution in [0, 0.1) is 0 Å². The van der Waals surface area contributed by atoms with Gasteiger partial charge in [-0.05, 0) is 31.5 Å². The molecular formula is C17H19N3S. The molecule has 1 heterocycles. The number of nitrogens with zero attached hydrogens (tertiary/aromatic N) is 2. The molecule has 0 radical (unpaired) electrons. The molecule has 108 valence electrons. The maximum absolute atomic E-state index is 4.37. The summed E-state index contributed by atoms with van der Waals surface area (Å²) in [6.07, 6.45) is 0. The van der Waals surface area contributed by atoms with Gasteiger partial charge in [-0.1, -0.05) is 53.8 Å². The molecule has 0 fully saturated rings. The number of hydrogen-bond acceptors (Lipinski definition) is 4. The first-order valence-electron chi connectivity index (χ1n) is 7.08. The quantitative estimate of drug-likeness (QED) is 0.785. The molecule has 0 saturated carbocycles. The van der Waals surface area contributed by atoms with Crippen LogP contribution in [-0.4, -0.2) is 15.7 Å². The number of rotatable bonds is 3. The summed E-state index contributed by atoms with van der Waals surface area (Å²) in [5, 5.41) is 16.6. The number of aromatic nitrogens is 2. The largest absolute Gasteiger partial charge is 0.306 e. The third-order valence-electron chi connectivity index (χ3n) is 3.26. The van der Waals surface area contributed by atoms with E-state index in [1.807, 2.05) is 0 Å². The van der Waals surface area contributed by atoms with E-state index < -0.39 is 0 Å². The molecular weight excluding hydrogens is 278 g/mol. The van der Waals surface area contributed by atoms with Crippen molar-refractivity contribution in [1.29, 1.82) is 0 Å². The molecule has 0 unspecified atom stereocenters. The van der Waals surface area contributed by atoms with Crippen LogP contribution in [0.3, 0.4) is 0 Å². The second-order valence-corrected chi connectivity index (χ2v) is 7.19. The lowest BCUT2D eigenvalue weighted by Crippen LogP contribution is -2.35. The van der Waals surface area contributed by atoms with Crippen molar-refractivity contribution in [2.24, 2.45) is 0 Å². The Morgan fingerprint density at radius 3 is 2.57 bits per heavy atom. The van der Waals surface area contributed by atoms with Crippen LogP contribution < -0.4 is 5.32 Å². The zero-order valence-corrected chi connectivity index (χ0v) is 13.4. The minimum Gasteiger partial charge on any atom is -0.306 e. The summed E-state index contributed by atoms with van der Waals surface area (Å²) in [6.45, 7) is 7.21. The first-order valence-corrected chi connectivity index (χ1v) is 7.90. The zero-order valence-electron chi connectivity index (χ0n) is 12.6. The standard InChI is InChI=1S/C17H19N3S/c1-17(2,3)18-11-15-19-20-16(21-15)14-10-6-8-12-7-4-5-9-13(12)14/h4-10,18H,11H2,1-3H3. The number of fused-ring (bicyclic) bond motifs is 1. The van der Waals surface area contributed by atoms with Gasteiger partial charge in [-0.15, -0.1) is 10.2 Å². The molecule has 0 atom stereocenters. The van der Waals surface area contributed by atoms with E-state index in [0.717, 1.165) is 22.1 Å². The van der Waals surface area contributed by atoms with Crippen molar-refractivity contribution in [3.8, 4) is 10.6 Å². The predicted molar refractivity (Wildman–Crippen MR) is 89.4 cm³/mol. The molecule has 4 heteroatoms. The highest BCUT2D eigenvalue weighted by molar-refractivity contribution is 7.14. The van der Waals surface area contributed by atoms with Crippen LogP contribution >= 0.6 is 11.3 Å². The van der Waals surface area contributed by atoms with Crippen LogP contribution in [0.2, 0.25) is 0 Å². The Bertz CT molecular complexity index is 751. The third-order valence-corrected chi connectivity index (χ3v) is 4.21. The van der Waals surface area contributed by atoms with Crippen molar-refractivity contribution < 1.29 is 0 Å². The van der Waals surface area contributed by atoms with E-state index in [0.29, 0.717) is 0 Å². The van der Waals surface area contributed by atoms with Gasteiger partial charge in [0.05, 0.1) is 6.54 Å². The highest BCUT2D eigenvalue weighted by Crippen LogP contribution is 2.30. The Kier molecular flexibility index (Phi) is 3.74. The highest BCUT2D eigenvalue weighted by atomic mass is 32.1. The van der Waals surface area contributed by atoms with E-state index in [-0.39, 0.29) is 5.54 Å². The summed E-state index contributed by atoms with van der Waals surface area (Å²) < 4.78 is 0. The van der Waals surface area contributed by atoms with Gasteiger partial charge in [0.15, 0.2) is 0 Å². The Hall–Kier alpha value is -1.78. The number of nitrogens with one attached hydrogen (secondary N) is 1. The van der Waals surface area contributed by atoms with Crippen LogP contribution in [0.1, 0.15) is 25.8 Å². The van der Waals surface area contributed by atoms with Gasteiger partial charge < -0.3 is 5.32 Å². The molecule has 0 amide bonds. The first-order chi connectivity index (χ1) is 10.0. The lowest BCUT2D eigenvalue weighted by atomic mass is 10.1. The first kappa shape index (κ1) is 14.2. The predicted octanol–water partition coefficient (Wildman–Crippen LogP) is 4.25. The monoisotopic (exact) mass is 297 g/mol. The number of hydrogen-bond donors (Lipinski definition) is 1. The van der Waals surface area contributed by atoms with E-state index in [4.69, 9.17) is 0 Å². The smallest absolute Gasteiger partial charge is 0.148 e. The van der Waals surface area contributed by atoms with Gasteiger partial charge in [0.2, 0.25) is 0 Å². The van der Waals surface area contributed by atoms with Crippen LogP contribution in [0.25, 0.3) is 21.3 Å². The topological polar surface area (TPSA) is 37.8 Å². The van der Waals surface area contributed by atoms with E-state index in [1.165, 1.54) is 10.8 Å². The molecule has 1 aromatic heterocycles. The fourth-order valence-corrected chi connectivity index (χ4v) is 3.01. The second kappa shape index (κ2) is 5.54. The van der Waals surface area contributed by atoms with Gasteiger partial charge in [0.1, 0.15) is 10.0 Å². The average molecular weight is 297 g/mol. The summed E-state index contributed by atoms with van der Waals surface area (Å²) in [5.41, 5.74) is 1.25. The van der Waals surface area contributed by atoms with Gasteiger partial charge in [0.25, 0.3) is 0 Å². The molecule has 21 heavy (non-hydrogen) atoms. The highest BCUT2D eigenvalue weighted by Gasteiger charge is 2.13.